The second kappa shape index (κ2) is 6.39. The van der Waals surface area contributed by atoms with E-state index >= 15 is 0 Å². The third-order valence-electron chi connectivity index (χ3n) is 2.35. The van der Waals surface area contributed by atoms with E-state index in [-0.39, 0.29) is 18.2 Å². The molecule has 1 unspecified atom stereocenters. The summed E-state index contributed by atoms with van der Waals surface area (Å²) in [7, 11) is 0. The highest BCUT2D eigenvalue weighted by atomic mass is 19.2. The van der Waals surface area contributed by atoms with Crippen LogP contribution in [0.25, 0.3) is 0 Å². The van der Waals surface area contributed by atoms with Gasteiger partial charge in [0.05, 0.1) is 5.69 Å². The minimum Gasteiger partial charge on any atom is -0.323 e. The number of halogens is 3. The lowest BCUT2D eigenvalue weighted by molar-refractivity contribution is -0.116. The van der Waals surface area contributed by atoms with E-state index in [0.717, 1.165) is 12.1 Å². The number of rotatable bonds is 5. The lowest BCUT2D eigenvalue weighted by Gasteiger charge is -2.12. The predicted octanol–water partition coefficient (Wildman–Crippen LogP) is 2.43. The number of nitrogens with one attached hydrogen (secondary N) is 2. The maximum Gasteiger partial charge on any atom is 0.226 e. The van der Waals surface area contributed by atoms with Gasteiger partial charge in [0.1, 0.15) is 0 Å². The van der Waals surface area contributed by atoms with Gasteiger partial charge in [-0.2, -0.15) is 0 Å². The summed E-state index contributed by atoms with van der Waals surface area (Å²) in [6.07, 6.45) is 0.117. The zero-order valence-corrected chi connectivity index (χ0v) is 10.2. The van der Waals surface area contributed by atoms with Gasteiger partial charge in [-0.1, -0.05) is 6.92 Å². The molecule has 0 aromatic heterocycles. The van der Waals surface area contributed by atoms with Gasteiger partial charge in [-0.3, -0.25) is 4.79 Å². The monoisotopic (exact) mass is 260 g/mol. The number of benzene rings is 1. The third kappa shape index (κ3) is 3.73. The summed E-state index contributed by atoms with van der Waals surface area (Å²) in [4.78, 5) is 11.5. The lowest BCUT2D eigenvalue weighted by Crippen LogP contribution is -2.30. The molecule has 1 rings (SSSR count). The molecule has 1 aromatic rings. The van der Waals surface area contributed by atoms with Gasteiger partial charge in [-0.05, 0) is 25.6 Å². The molecule has 100 valence electrons. The van der Waals surface area contributed by atoms with E-state index in [9.17, 15) is 18.0 Å². The fraction of sp³-hybridized carbons (Fsp3) is 0.417. The molecule has 1 aromatic carbocycles. The SMILES string of the molecule is CCNC(C)CC(=O)Nc1ccc(F)c(F)c1F. The maximum absolute atomic E-state index is 13.3. The first kappa shape index (κ1) is 14.5. The standard InChI is InChI=1S/C12H15F3N2O/c1-3-16-7(2)6-10(18)17-9-5-4-8(13)11(14)12(9)15/h4-5,7,16H,3,6H2,1-2H3,(H,17,18). The molecule has 0 saturated carbocycles. The van der Waals surface area contributed by atoms with E-state index in [1.807, 2.05) is 6.92 Å². The van der Waals surface area contributed by atoms with Crippen molar-refractivity contribution in [3.05, 3.63) is 29.6 Å². The van der Waals surface area contributed by atoms with Gasteiger partial charge in [-0.15, -0.1) is 0 Å². The summed E-state index contributed by atoms with van der Waals surface area (Å²) in [5.41, 5.74) is -0.359. The van der Waals surface area contributed by atoms with E-state index in [1.165, 1.54) is 0 Å². The zero-order valence-electron chi connectivity index (χ0n) is 10.2. The van der Waals surface area contributed by atoms with Crippen LogP contribution in [0.5, 0.6) is 0 Å². The van der Waals surface area contributed by atoms with Crippen LogP contribution in [0.1, 0.15) is 20.3 Å². The molecular formula is C12H15F3N2O. The highest BCUT2D eigenvalue weighted by Crippen LogP contribution is 2.19. The van der Waals surface area contributed by atoms with Gasteiger partial charge in [0, 0.05) is 12.5 Å². The van der Waals surface area contributed by atoms with Crippen LogP contribution < -0.4 is 10.6 Å². The van der Waals surface area contributed by atoms with Crippen molar-refractivity contribution in [1.82, 2.24) is 5.32 Å². The molecule has 6 heteroatoms. The molecule has 18 heavy (non-hydrogen) atoms. The molecule has 0 aliphatic heterocycles. The first-order valence-corrected chi connectivity index (χ1v) is 5.62. The molecule has 1 amide bonds. The Morgan fingerprint density at radius 2 is 1.94 bits per heavy atom. The Balaban J connectivity index is 2.68. The molecule has 3 nitrogen and oxygen atoms in total. The van der Waals surface area contributed by atoms with Crippen LogP contribution in [0.3, 0.4) is 0 Å². The highest BCUT2D eigenvalue weighted by Gasteiger charge is 2.16. The molecule has 0 saturated heterocycles. The summed E-state index contributed by atoms with van der Waals surface area (Å²) in [5, 5.41) is 5.22. The van der Waals surface area contributed by atoms with Crippen molar-refractivity contribution in [2.75, 3.05) is 11.9 Å². The molecule has 0 aliphatic carbocycles. The largest absolute Gasteiger partial charge is 0.323 e. The molecule has 2 N–H and O–H groups in total. The topological polar surface area (TPSA) is 41.1 Å². The normalized spacial score (nSPS) is 12.3. The van der Waals surface area contributed by atoms with Crippen molar-refractivity contribution < 1.29 is 18.0 Å². The Kier molecular flexibility index (Phi) is 5.15. The van der Waals surface area contributed by atoms with E-state index in [1.54, 1.807) is 6.92 Å². The highest BCUT2D eigenvalue weighted by molar-refractivity contribution is 5.91. The molecule has 0 fully saturated rings. The summed E-state index contributed by atoms with van der Waals surface area (Å²) < 4.78 is 38.8. The van der Waals surface area contributed by atoms with Crippen molar-refractivity contribution in [2.24, 2.45) is 0 Å². The molecular weight excluding hydrogens is 245 g/mol. The smallest absolute Gasteiger partial charge is 0.226 e. The first-order valence-electron chi connectivity index (χ1n) is 5.62. The number of hydrogen-bond acceptors (Lipinski definition) is 2. The van der Waals surface area contributed by atoms with Gasteiger partial charge < -0.3 is 10.6 Å². The van der Waals surface area contributed by atoms with Gasteiger partial charge in [-0.25, -0.2) is 13.2 Å². The number of carbonyl (C=O) groups excluding carboxylic acids is 1. The molecule has 0 radical (unpaired) electrons. The van der Waals surface area contributed by atoms with Crippen molar-refractivity contribution >= 4 is 11.6 Å². The Labute approximate surface area is 103 Å². The minimum atomic E-state index is -1.59. The minimum absolute atomic E-state index is 0.0802. The summed E-state index contributed by atoms with van der Waals surface area (Å²) >= 11 is 0. The average molecular weight is 260 g/mol. The number of amides is 1. The third-order valence-corrected chi connectivity index (χ3v) is 2.35. The van der Waals surface area contributed by atoms with E-state index in [2.05, 4.69) is 10.6 Å². The van der Waals surface area contributed by atoms with Crippen LogP contribution >= 0.6 is 0 Å². The Morgan fingerprint density at radius 3 is 2.56 bits per heavy atom. The van der Waals surface area contributed by atoms with Crippen molar-refractivity contribution in [2.45, 2.75) is 26.3 Å². The molecule has 0 heterocycles. The Morgan fingerprint density at radius 1 is 1.28 bits per heavy atom. The fourth-order valence-electron chi connectivity index (χ4n) is 1.52. The second-order valence-corrected chi connectivity index (χ2v) is 3.93. The fourth-order valence-corrected chi connectivity index (χ4v) is 1.52. The molecule has 0 aliphatic rings. The van der Waals surface area contributed by atoms with Gasteiger partial charge in [0.2, 0.25) is 5.91 Å². The predicted molar refractivity (Wildman–Crippen MR) is 62.7 cm³/mol. The van der Waals surface area contributed by atoms with E-state index in [4.69, 9.17) is 0 Å². The molecule has 0 spiro atoms. The van der Waals surface area contributed by atoms with Crippen molar-refractivity contribution in [3.8, 4) is 0 Å². The number of anilines is 1. The van der Waals surface area contributed by atoms with Crippen LogP contribution in [-0.4, -0.2) is 18.5 Å². The van der Waals surface area contributed by atoms with Crippen LogP contribution in [-0.2, 0) is 4.79 Å². The number of carbonyl (C=O) groups is 1. The van der Waals surface area contributed by atoms with Crippen LogP contribution in [0.15, 0.2) is 12.1 Å². The summed E-state index contributed by atoms with van der Waals surface area (Å²) in [6.45, 7) is 4.39. The quantitative estimate of drug-likeness (QED) is 0.798. The van der Waals surface area contributed by atoms with Crippen molar-refractivity contribution in [3.63, 3.8) is 0 Å². The zero-order chi connectivity index (χ0) is 13.7. The van der Waals surface area contributed by atoms with Crippen LogP contribution in [0, 0.1) is 17.5 Å². The summed E-state index contributed by atoms with van der Waals surface area (Å²) in [5.74, 6) is -4.73. The Bertz CT molecular complexity index is 438. The Hall–Kier alpha value is -1.56. The van der Waals surface area contributed by atoms with Crippen LogP contribution in [0.2, 0.25) is 0 Å². The average Bonchev–Trinajstić information content (AvgIpc) is 2.30. The van der Waals surface area contributed by atoms with Crippen molar-refractivity contribution in [1.29, 1.82) is 0 Å². The maximum atomic E-state index is 13.3. The molecule has 0 bridgehead atoms. The summed E-state index contributed by atoms with van der Waals surface area (Å²) in [6, 6.07) is 1.68. The molecule has 1 atom stereocenters. The van der Waals surface area contributed by atoms with Gasteiger partial charge in [0.25, 0.3) is 0 Å². The van der Waals surface area contributed by atoms with Crippen LogP contribution in [0.4, 0.5) is 18.9 Å². The van der Waals surface area contributed by atoms with E-state index in [0.29, 0.717) is 6.54 Å². The van der Waals surface area contributed by atoms with Gasteiger partial charge in [0.15, 0.2) is 17.5 Å². The van der Waals surface area contributed by atoms with E-state index < -0.39 is 23.4 Å². The lowest BCUT2D eigenvalue weighted by atomic mass is 10.2. The second-order valence-electron chi connectivity index (χ2n) is 3.93. The number of hydrogen-bond donors (Lipinski definition) is 2. The first-order chi connectivity index (χ1) is 8.45. The van der Waals surface area contributed by atoms with Gasteiger partial charge >= 0.3 is 0 Å².